The minimum atomic E-state index is 0.0960. The van der Waals surface area contributed by atoms with Gasteiger partial charge in [0.2, 0.25) is 0 Å². The van der Waals surface area contributed by atoms with E-state index in [0.29, 0.717) is 10.8 Å². The van der Waals surface area contributed by atoms with Crippen molar-refractivity contribution < 1.29 is 4.79 Å². The molecule has 0 atom stereocenters. The lowest BCUT2D eigenvalue weighted by molar-refractivity contribution is 0.0664. The third-order valence-electron chi connectivity index (χ3n) is 6.34. The fraction of sp³-hybridized carbons (Fsp3) is 0.250. The molecule has 2 heterocycles. The Morgan fingerprint density at radius 3 is 2.44 bits per heavy atom. The number of halogens is 1. The average Bonchev–Trinajstić information content (AvgIpc) is 3.32. The summed E-state index contributed by atoms with van der Waals surface area (Å²) < 4.78 is 2.04. The molecule has 184 valence electrons. The Hall–Kier alpha value is -3.13. The number of piperazine rings is 1. The lowest BCUT2D eigenvalue weighted by Crippen LogP contribution is -2.47. The van der Waals surface area contributed by atoms with Crippen LogP contribution in [0, 0.1) is 6.92 Å². The molecule has 1 fully saturated rings. The van der Waals surface area contributed by atoms with Gasteiger partial charge in [-0.25, -0.2) is 0 Å². The van der Waals surface area contributed by atoms with E-state index in [2.05, 4.69) is 59.4 Å². The normalized spacial score (nSPS) is 14.2. The van der Waals surface area contributed by atoms with Crippen LogP contribution in [0.25, 0.3) is 17.1 Å². The predicted molar refractivity (Wildman–Crippen MR) is 146 cm³/mol. The molecule has 0 N–H and O–H groups in total. The Kier molecular flexibility index (Phi) is 7.41. The van der Waals surface area contributed by atoms with E-state index in [4.69, 9.17) is 11.6 Å². The van der Waals surface area contributed by atoms with Gasteiger partial charge in [0, 0.05) is 48.1 Å². The molecule has 8 heteroatoms. The maximum Gasteiger partial charge on any atom is 0.253 e. The Balaban J connectivity index is 1.40. The number of aromatic nitrogens is 3. The summed E-state index contributed by atoms with van der Waals surface area (Å²) in [6.45, 7) is 5.40. The molecule has 1 aliphatic heterocycles. The molecule has 1 amide bonds. The van der Waals surface area contributed by atoms with E-state index in [9.17, 15) is 4.79 Å². The van der Waals surface area contributed by atoms with Gasteiger partial charge in [0.15, 0.2) is 11.0 Å². The van der Waals surface area contributed by atoms with Gasteiger partial charge < -0.3 is 9.80 Å². The van der Waals surface area contributed by atoms with Crippen molar-refractivity contribution in [3.8, 4) is 17.1 Å². The Labute approximate surface area is 220 Å². The van der Waals surface area contributed by atoms with E-state index in [1.807, 2.05) is 51.9 Å². The van der Waals surface area contributed by atoms with Crippen LogP contribution < -0.4 is 0 Å². The van der Waals surface area contributed by atoms with Crippen molar-refractivity contribution in [2.24, 2.45) is 0 Å². The standard InChI is InChI=1S/C28H28ClN5OS/c1-20-9-11-22(12-10-20)26-30-31-28(34(26)25-8-4-7-24(29)18-25)36-19-21-5-3-6-23(17-21)27(35)33-15-13-32(2)14-16-33/h3-12,17-18H,13-16,19H2,1-2H3. The maximum atomic E-state index is 13.0. The first-order valence-corrected chi connectivity index (χ1v) is 13.3. The number of amides is 1. The number of rotatable bonds is 6. The topological polar surface area (TPSA) is 54.3 Å². The zero-order chi connectivity index (χ0) is 25.1. The van der Waals surface area contributed by atoms with E-state index in [0.717, 1.165) is 59.5 Å². The van der Waals surface area contributed by atoms with Crippen LogP contribution in [0.1, 0.15) is 21.5 Å². The molecule has 0 radical (unpaired) electrons. The minimum Gasteiger partial charge on any atom is -0.336 e. The molecule has 5 rings (SSSR count). The molecular weight excluding hydrogens is 490 g/mol. The first-order valence-electron chi connectivity index (χ1n) is 12.0. The van der Waals surface area contributed by atoms with Gasteiger partial charge in [0.1, 0.15) is 0 Å². The zero-order valence-corrected chi connectivity index (χ0v) is 22.0. The molecule has 36 heavy (non-hydrogen) atoms. The first-order chi connectivity index (χ1) is 17.5. The minimum absolute atomic E-state index is 0.0960. The lowest BCUT2D eigenvalue weighted by Gasteiger charge is -2.32. The molecule has 1 saturated heterocycles. The van der Waals surface area contributed by atoms with E-state index in [1.54, 1.807) is 11.8 Å². The summed E-state index contributed by atoms with van der Waals surface area (Å²) in [5.74, 6) is 1.52. The Bertz CT molecular complexity index is 1360. The number of likely N-dealkylation sites (N-methyl/N-ethyl adjacent to an activating group) is 1. The SMILES string of the molecule is Cc1ccc(-c2nnc(SCc3cccc(C(=O)N4CCN(C)CC4)c3)n2-c2cccc(Cl)c2)cc1. The lowest BCUT2D eigenvalue weighted by atomic mass is 10.1. The molecule has 0 unspecified atom stereocenters. The molecule has 0 spiro atoms. The molecule has 1 aromatic heterocycles. The van der Waals surface area contributed by atoms with Crippen molar-refractivity contribution in [3.63, 3.8) is 0 Å². The van der Waals surface area contributed by atoms with Gasteiger partial charge in [-0.05, 0) is 49.9 Å². The van der Waals surface area contributed by atoms with Gasteiger partial charge in [0.05, 0.1) is 5.69 Å². The zero-order valence-electron chi connectivity index (χ0n) is 20.4. The maximum absolute atomic E-state index is 13.0. The Morgan fingerprint density at radius 1 is 0.944 bits per heavy atom. The number of thioether (sulfide) groups is 1. The summed E-state index contributed by atoms with van der Waals surface area (Å²) in [4.78, 5) is 17.2. The molecule has 6 nitrogen and oxygen atoms in total. The second-order valence-electron chi connectivity index (χ2n) is 9.07. The molecule has 0 aliphatic carbocycles. The van der Waals surface area contributed by atoms with Crippen molar-refractivity contribution in [3.05, 3.63) is 94.5 Å². The predicted octanol–water partition coefficient (Wildman–Crippen LogP) is 5.58. The Morgan fingerprint density at radius 2 is 1.69 bits per heavy atom. The fourth-order valence-electron chi connectivity index (χ4n) is 4.24. The van der Waals surface area contributed by atoms with E-state index >= 15 is 0 Å². The van der Waals surface area contributed by atoms with E-state index in [1.165, 1.54) is 5.56 Å². The van der Waals surface area contributed by atoms with E-state index in [-0.39, 0.29) is 5.91 Å². The highest BCUT2D eigenvalue weighted by atomic mass is 35.5. The highest BCUT2D eigenvalue weighted by molar-refractivity contribution is 7.98. The van der Waals surface area contributed by atoms with Crippen LogP contribution in [0.4, 0.5) is 0 Å². The number of carbonyl (C=O) groups excluding carboxylic acids is 1. The third kappa shape index (κ3) is 5.48. The highest BCUT2D eigenvalue weighted by Crippen LogP contribution is 2.31. The van der Waals surface area contributed by atoms with Crippen LogP contribution in [0.5, 0.6) is 0 Å². The van der Waals surface area contributed by atoms with E-state index < -0.39 is 0 Å². The van der Waals surface area contributed by atoms with Crippen LogP contribution in [0.3, 0.4) is 0 Å². The van der Waals surface area contributed by atoms with Gasteiger partial charge in [-0.2, -0.15) is 0 Å². The quantitative estimate of drug-likeness (QED) is 0.313. The summed E-state index contributed by atoms with van der Waals surface area (Å²) in [5, 5.41) is 10.5. The largest absolute Gasteiger partial charge is 0.336 e. The summed E-state index contributed by atoms with van der Waals surface area (Å²) in [7, 11) is 2.09. The molecular formula is C28H28ClN5OS. The molecule has 0 saturated carbocycles. The van der Waals surface area contributed by atoms with Crippen molar-refractivity contribution in [1.82, 2.24) is 24.6 Å². The van der Waals surface area contributed by atoms with Gasteiger partial charge in [-0.1, -0.05) is 71.4 Å². The summed E-state index contributed by atoms with van der Waals surface area (Å²) in [6.07, 6.45) is 0. The smallest absolute Gasteiger partial charge is 0.253 e. The van der Waals surface area contributed by atoms with Gasteiger partial charge >= 0.3 is 0 Å². The summed E-state index contributed by atoms with van der Waals surface area (Å²) >= 11 is 7.92. The number of hydrogen-bond acceptors (Lipinski definition) is 5. The number of benzene rings is 3. The summed E-state index contributed by atoms with van der Waals surface area (Å²) in [5.41, 5.74) is 4.88. The summed E-state index contributed by atoms with van der Waals surface area (Å²) in [6, 6.07) is 23.9. The molecule has 4 aromatic rings. The van der Waals surface area contributed by atoms with Crippen molar-refractivity contribution in [2.75, 3.05) is 33.2 Å². The average molecular weight is 518 g/mol. The second-order valence-corrected chi connectivity index (χ2v) is 10.5. The van der Waals surface area contributed by atoms with Gasteiger partial charge in [-0.15, -0.1) is 10.2 Å². The van der Waals surface area contributed by atoms with Crippen molar-refractivity contribution in [2.45, 2.75) is 17.8 Å². The second kappa shape index (κ2) is 10.9. The van der Waals surface area contributed by atoms with Crippen LogP contribution in [-0.4, -0.2) is 63.7 Å². The fourth-order valence-corrected chi connectivity index (χ4v) is 5.31. The van der Waals surface area contributed by atoms with Crippen LogP contribution in [0.15, 0.2) is 78.0 Å². The highest BCUT2D eigenvalue weighted by Gasteiger charge is 2.21. The van der Waals surface area contributed by atoms with Crippen LogP contribution in [-0.2, 0) is 5.75 Å². The van der Waals surface area contributed by atoms with Crippen LogP contribution in [0.2, 0.25) is 5.02 Å². The van der Waals surface area contributed by atoms with Crippen molar-refractivity contribution >= 4 is 29.3 Å². The molecule has 0 bridgehead atoms. The van der Waals surface area contributed by atoms with Crippen molar-refractivity contribution in [1.29, 1.82) is 0 Å². The third-order valence-corrected chi connectivity index (χ3v) is 7.58. The monoisotopic (exact) mass is 517 g/mol. The first kappa shape index (κ1) is 24.6. The number of aryl methyl sites for hydroxylation is 1. The van der Waals surface area contributed by atoms with Gasteiger partial charge in [0.25, 0.3) is 5.91 Å². The molecule has 1 aliphatic rings. The number of nitrogens with zero attached hydrogens (tertiary/aromatic N) is 5. The number of carbonyl (C=O) groups is 1. The molecule has 3 aromatic carbocycles. The van der Waals surface area contributed by atoms with Crippen LogP contribution >= 0.6 is 23.4 Å². The number of hydrogen-bond donors (Lipinski definition) is 0. The van der Waals surface area contributed by atoms with Gasteiger partial charge in [-0.3, -0.25) is 9.36 Å².